The summed E-state index contributed by atoms with van der Waals surface area (Å²) in [4.78, 5) is 22.4. The van der Waals surface area contributed by atoms with Crippen LogP contribution in [0.1, 0.15) is 12.8 Å². The first-order chi connectivity index (χ1) is 6.29. The van der Waals surface area contributed by atoms with Gasteiger partial charge in [0.05, 0.1) is 0 Å². The first-order valence-corrected chi connectivity index (χ1v) is 4.50. The molecule has 5 heteroatoms. The van der Waals surface area contributed by atoms with Crippen LogP contribution in [0.15, 0.2) is 0 Å². The van der Waals surface area contributed by atoms with Crippen LogP contribution in [0.5, 0.6) is 0 Å². The molecule has 0 bridgehead atoms. The second-order valence-electron chi connectivity index (χ2n) is 3.27. The third-order valence-corrected chi connectivity index (χ3v) is 2.21. The highest BCUT2D eigenvalue weighted by Gasteiger charge is 2.50. The lowest BCUT2D eigenvalue weighted by Gasteiger charge is -2.06. The van der Waals surface area contributed by atoms with Gasteiger partial charge in [0, 0.05) is 13.1 Å². The zero-order chi connectivity index (χ0) is 9.26. The molecule has 2 heterocycles. The Morgan fingerprint density at radius 1 is 1.00 bits per heavy atom. The average Bonchev–Trinajstić information content (AvgIpc) is 2.88. The lowest BCUT2D eigenvalue weighted by Crippen LogP contribution is -2.37. The molecule has 0 aromatic heterocycles. The van der Waals surface area contributed by atoms with Crippen molar-refractivity contribution in [2.75, 3.05) is 13.1 Å². The Balaban J connectivity index is 1.95. The van der Waals surface area contributed by atoms with Crippen LogP contribution in [0.3, 0.4) is 0 Å². The predicted molar refractivity (Wildman–Crippen MR) is 43.9 cm³/mol. The van der Waals surface area contributed by atoms with E-state index in [9.17, 15) is 9.59 Å². The summed E-state index contributed by atoms with van der Waals surface area (Å²) >= 11 is 0. The van der Waals surface area contributed by atoms with E-state index < -0.39 is 12.2 Å². The molecule has 2 aliphatic heterocycles. The third kappa shape index (κ3) is 1.80. The molecule has 2 N–H and O–H groups in total. The highest BCUT2D eigenvalue weighted by Crippen LogP contribution is 2.22. The summed E-state index contributed by atoms with van der Waals surface area (Å²) in [6, 6.07) is 0. The molecule has 0 aromatic carbocycles. The number of hydrogen-bond donors (Lipinski definition) is 2. The number of ether oxygens (including phenoxy) is 1. The molecule has 0 spiro atoms. The summed E-state index contributed by atoms with van der Waals surface area (Å²) in [5, 5.41) is 5.44. The molecule has 0 radical (unpaired) electrons. The molecule has 0 aromatic rings. The highest BCUT2D eigenvalue weighted by atomic mass is 16.6. The van der Waals surface area contributed by atoms with Crippen molar-refractivity contribution in [2.45, 2.75) is 25.0 Å². The van der Waals surface area contributed by atoms with E-state index >= 15 is 0 Å². The van der Waals surface area contributed by atoms with Crippen molar-refractivity contribution in [3.8, 4) is 0 Å². The number of hydrogen-bond acceptors (Lipinski definition) is 3. The molecule has 5 nitrogen and oxygen atoms in total. The van der Waals surface area contributed by atoms with E-state index in [1.54, 1.807) is 0 Å². The lowest BCUT2D eigenvalue weighted by atomic mass is 10.2. The molecule has 0 saturated carbocycles. The maximum absolute atomic E-state index is 11.2. The van der Waals surface area contributed by atoms with E-state index in [0.717, 1.165) is 12.8 Å². The number of epoxide rings is 1. The van der Waals surface area contributed by atoms with Gasteiger partial charge in [-0.1, -0.05) is 0 Å². The van der Waals surface area contributed by atoms with Gasteiger partial charge in [-0.15, -0.1) is 0 Å². The Hall–Kier alpha value is -1.10. The molecule has 2 rings (SSSR count). The van der Waals surface area contributed by atoms with Gasteiger partial charge >= 0.3 is 0 Å². The minimum absolute atomic E-state index is 0.165. The molecule has 2 amide bonds. The van der Waals surface area contributed by atoms with Gasteiger partial charge < -0.3 is 15.4 Å². The summed E-state index contributed by atoms with van der Waals surface area (Å²) in [5.74, 6) is -0.330. The van der Waals surface area contributed by atoms with Crippen molar-refractivity contribution in [3.63, 3.8) is 0 Å². The molecule has 0 aliphatic carbocycles. The van der Waals surface area contributed by atoms with Crippen LogP contribution in [0.2, 0.25) is 0 Å². The molecular formula is C8H12N2O3. The van der Waals surface area contributed by atoms with Crippen LogP contribution in [-0.4, -0.2) is 37.1 Å². The standard InChI is InChI=1S/C8H12N2O3/c11-7-5-6(13-5)8(12)10-4-2-1-3-9-7/h5-6H,1-4H2,(H,9,11)(H,10,12)/t5-,6+. The number of fused-ring (bicyclic) bond motifs is 1. The number of carbonyl (C=O) groups is 2. The number of carbonyl (C=O) groups excluding carboxylic acids is 2. The van der Waals surface area contributed by atoms with Crippen molar-refractivity contribution in [1.29, 1.82) is 0 Å². The van der Waals surface area contributed by atoms with Crippen LogP contribution in [0.25, 0.3) is 0 Å². The Bertz CT molecular complexity index is 218. The predicted octanol–water partition coefficient (Wildman–Crippen LogP) is -1.22. The fourth-order valence-corrected chi connectivity index (χ4v) is 1.39. The van der Waals surface area contributed by atoms with E-state index in [2.05, 4.69) is 10.6 Å². The van der Waals surface area contributed by atoms with Crippen LogP contribution in [0.4, 0.5) is 0 Å². The summed E-state index contributed by atoms with van der Waals surface area (Å²) in [7, 11) is 0. The number of rotatable bonds is 0. The van der Waals surface area contributed by atoms with Gasteiger partial charge in [-0.05, 0) is 12.8 Å². The topological polar surface area (TPSA) is 70.7 Å². The summed E-state index contributed by atoms with van der Waals surface area (Å²) in [5.41, 5.74) is 0. The minimum Gasteiger partial charge on any atom is -0.354 e. The third-order valence-electron chi connectivity index (χ3n) is 2.21. The zero-order valence-corrected chi connectivity index (χ0v) is 7.21. The second kappa shape index (κ2) is 3.33. The molecule has 72 valence electrons. The molecule has 0 unspecified atom stereocenters. The SMILES string of the molecule is O=C1NCCCCNC(=O)[C@@H]2O[C@H]12. The van der Waals surface area contributed by atoms with Crippen molar-refractivity contribution in [3.05, 3.63) is 0 Å². The highest BCUT2D eigenvalue weighted by molar-refractivity contribution is 5.94. The van der Waals surface area contributed by atoms with E-state index in [0.29, 0.717) is 13.1 Å². The summed E-state index contributed by atoms with van der Waals surface area (Å²) in [6.45, 7) is 1.34. The Labute approximate surface area is 75.8 Å². The maximum atomic E-state index is 11.2. The fourth-order valence-electron chi connectivity index (χ4n) is 1.39. The van der Waals surface area contributed by atoms with Crippen LogP contribution >= 0.6 is 0 Å². The first kappa shape index (κ1) is 8.50. The zero-order valence-electron chi connectivity index (χ0n) is 7.21. The molecule has 2 saturated heterocycles. The monoisotopic (exact) mass is 184 g/mol. The lowest BCUT2D eigenvalue weighted by molar-refractivity contribution is -0.124. The van der Waals surface area contributed by atoms with Crippen molar-refractivity contribution in [2.24, 2.45) is 0 Å². The van der Waals surface area contributed by atoms with Crippen molar-refractivity contribution >= 4 is 11.8 Å². The Morgan fingerprint density at radius 3 is 1.92 bits per heavy atom. The second-order valence-corrected chi connectivity index (χ2v) is 3.27. The smallest absolute Gasteiger partial charge is 0.252 e. The molecule has 13 heavy (non-hydrogen) atoms. The van der Waals surface area contributed by atoms with Crippen LogP contribution in [0, 0.1) is 0 Å². The Morgan fingerprint density at radius 2 is 1.46 bits per heavy atom. The van der Waals surface area contributed by atoms with E-state index in [1.165, 1.54) is 0 Å². The van der Waals surface area contributed by atoms with E-state index in [-0.39, 0.29) is 11.8 Å². The van der Waals surface area contributed by atoms with Crippen LogP contribution < -0.4 is 10.6 Å². The number of amides is 2. The first-order valence-electron chi connectivity index (χ1n) is 4.50. The van der Waals surface area contributed by atoms with Crippen molar-refractivity contribution < 1.29 is 14.3 Å². The van der Waals surface area contributed by atoms with Gasteiger partial charge in [-0.2, -0.15) is 0 Å². The minimum atomic E-state index is -0.543. The van der Waals surface area contributed by atoms with E-state index in [4.69, 9.17) is 4.74 Å². The Kier molecular flexibility index (Phi) is 2.18. The quantitative estimate of drug-likeness (QED) is 0.463. The van der Waals surface area contributed by atoms with Gasteiger partial charge in [0.15, 0.2) is 12.2 Å². The van der Waals surface area contributed by atoms with Gasteiger partial charge in [-0.25, -0.2) is 0 Å². The summed E-state index contributed by atoms with van der Waals surface area (Å²) < 4.78 is 4.95. The number of nitrogens with one attached hydrogen (secondary N) is 2. The van der Waals surface area contributed by atoms with Gasteiger partial charge in [0.1, 0.15) is 0 Å². The van der Waals surface area contributed by atoms with E-state index in [1.807, 2.05) is 0 Å². The van der Waals surface area contributed by atoms with Gasteiger partial charge in [-0.3, -0.25) is 9.59 Å². The molecule has 2 atom stereocenters. The van der Waals surface area contributed by atoms with Crippen LogP contribution in [-0.2, 0) is 14.3 Å². The van der Waals surface area contributed by atoms with Gasteiger partial charge in [0.25, 0.3) is 11.8 Å². The molecule has 2 aliphatic rings. The maximum Gasteiger partial charge on any atom is 0.252 e. The fraction of sp³-hybridized carbons (Fsp3) is 0.750. The summed E-state index contributed by atoms with van der Waals surface area (Å²) in [6.07, 6.45) is 0.698. The average molecular weight is 184 g/mol. The van der Waals surface area contributed by atoms with Crippen molar-refractivity contribution in [1.82, 2.24) is 10.6 Å². The van der Waals surface area contributed by atoms with Gasteiger partial charge in [0.2, 0.25) is 0 Å². The normalized spacial score (nSPS) is 34.2. The molecular weight excluding hydrogens is 172 g/mol. The molecule has 2 fully saturated rings. The largest absolute Gasteiger partial charge is 0.354 e.